The summed E-state index contributed by atoms with van der Waals surface area (Å²) in [6, 6.07) is 7.57. The molecule has 0 bridgehead atoms. The van der Waals surface area contributed by atoms with Crippen molar-refractivity contribution >= 4 is 23.5 Å². The first-order chi connectivity index (χ1) is 5.74. The summed E-state index contributed by atoms with van der Waals surface area (Å²) in [5, 5.41) is 6.58. The van der Waals surface area contributed by atoms with E-state index in [9.17, 15) is 0 Å². The van der Waals surface area contributed by atoms with Gasteiger partial charge in [0.05, 0.1) is 5.69 Å². The van der Waals surface area contributed by atoms with Crippen LogP contribution in [-0.2, 0) is 0 Å². The molecule has 0 fully saturated rings. The number of benzene rings is 1. The zero-order chi connectivity index (χ0) is 8.97. The first kappa shape index (κ1) is 9.07. The zero-order valence-electron chi connectivity index (χ0n) is 7.16. The second-order valence-corrected chi connectivity index (χ2v) is 2.81. The molecule has 0 radical (unpaired) electrons. The van der Waals surface area contributed by atoms with Crippen LogP contribution in [0.1, 0.15) is 6.92 Å². The molecular weight excluding hydrogens is 172 g/mol. The largest absolute Gasteiger partial charge is 0.269 e. The molecule has 12 heavy (non-hydrogen) atoms. The molecule has 2 nitrogen and oxygen atoms in total. The smallest absolute Gasteiger partial charge is 0.0605 e. The third kappa shape index (κ3) is 2.24. The van der Waals surface area contributed by atoms with Gasteiger partial charge in [-0.15, -0.1) is 0 Å². The highest BCUT2D eigenvalue weighted by molar-refractivity contribution is 6.30. The van der Waals surface area contributed by atoms with Crippen molar-refractivity contribution in [1.29, 1.82) is 0 Å². The molecule has 64 valence electrons. The quantitative estimate of drug-likeness (QED) is 0.507. The first-order valence-corrected chi connectivity index (χ1v) is 4.09. The average Bonchev–Trinajstić information content (AvgIpc) is 2.05. The molecule has 0 amide bonds. The van der Waals surface area contributed by atoms with Gasteiger partial charge >= 0.3 is 0 Å². The topological polar surface area (TPSA) is 15.6 Å². The lowest BCUT2D eigenvalue weighted by atomic mass is 10.3. The zero-order valence-corrected chi connectivity index (χ0v) is 7.92. The molecule has 0 N–H and O–H groups in total. The number of halogens is 1. The summed E-state index contributed by atoms with van der Waals surface area (Å²) in [6.45, 7) is 1.88. The van der Waals surface area contributed by atoms with E-state index >= 15 is 0 Å². The second kappa shape index (κ2) is 4.12. The van der Waals surface area contributed by atoms with Crippen LogP contribution in [0.4, 0.5) is 5.69 Å². The molecule has 1 aromatic rings. The van der Waals surface area contributed by atoms with E-state index in [0.29, 0.717) is 0 Å². The van der Waals surface area contributed by atoms with Crippen LogP contribution in [0.2, 0.25) is 5.02 Å². The molecule has 0 heterocycles. The molecular formula is C9H11ClN2. The van der Waals surface area contributed by atoms with Crippen molar-refractivity contribution in [1.82, 2.24) is 0 Å². The highest BCUT2D eigenvalue weighted by Crippen LogP contribution is 2.17. The van der Waals surface area contributed by atoms with Gasteiger partial charge in [-0.3, -0.25) is 5.01 Å². The highest BCUT2D eigenvalue weighted by atomic mass is 35.5. The molecule has 0 aliphatic rings. The van der Waals surface area contributed by atoms with E-state index < -0.39 is 0 Å². The van der Waals surface area contributed by atoms with Gasteiger partial charge in [0.2, 0.25) is 0 Å². The monoisotopic (exact) mass is 182 g/mol. The van der Waals surface area contributed by atoms with Crippen LogP contribution >= 0.6 is 11.6 Å². The van der Waals surface area contributed by atoms with Crippen molar-refractivity contribution in [3.8, 4) is 0 Å². The van der Waals surface area contributed by atoms with Crippen LogP contribution in [-0.4, -0.2) is 13.3 Å². The molecule has 3 heteroatoms. The van der Waals surface area contributed by atoms with Gasteiger partial charge in [-0.2, -0.15) is 5.10 Å². The number of rotatable bonds is 2. The lowest BCUT2D eigenvalue weighted by Crippen LogP contribution is -2.07. The van der Waals surface area contributed by atoms with E-state index in [1.54, 1.807) is 11.2 Å². The normalized spacial score (nSPS) is 10.6. The van der Waals surface area contributed by atoms with Gasteiger partial charge in [0.25, 0.3) is 0 Å². The summed E-state index contributed by atoms with van der Waals surface area (Å²) in [4.78, 5) is 0. The minimum atomic E-state index is 0.727. The summed E-state index contributed by atoms with van der Waals surface area (Å²) in [7, 11) is 1.88. The Bertz CT molecular complexity index is 284. The Morgan fingerprint density at radius 2 is 2.25 bits per heavy atom. The predicted octanol–water partition coefficient (Wildman–Crippen LogP) is 2.78. The van der Waals surface area contributed by atoms with Crippen LogP contribution in [0, 0.1) is 0 Å². The Hall–Kier alpha value is -1.02. The maximum Gasteiger partial charge on any atom is 0.0605 e. The van der Waals surface area contributed by atoms with E-state index in [1.807, 2.05) is 38.2 Å². The van der Waals surface area contributed by atoms with Crippen LogP contribution in [0.5, 0.6) is 0 Å². The molecule has 0 unspecified atom stereocenters. The number of hydrogen-bond acceptors (Lipinski definition) is 2. The standard InChI is InChI=1S/C9H11ClN2/c1-3-11-12(2)9-6-4-5-8(10)7-9/h3-7H,1-2H3/b11-3-. The second-order valence-electron chi connectivity index (χ2n) is 2.38. The highest BCUT2D eigenvalue weighted by Gasteiger charge is 1.96. The fourth-order valence-corrected chi connectivity index (χ4v) is 1.10. The van der Waals surface area contributed by atoms with Gasteiger partial charge < -0.3 is 0 Å². The van der Waals surface area contributed by atoms with Gasteiger partial charge in [-0.05, 0) is 25.1 Å². The molecule has 0 saturated carbocycles. The van der Waals surface area contributed by atoms with E-state index in [-0.39, 0.29) is 0 Å². The van der Waals surface area contributed by atoms with Crippen molar-refractivity contribution in [3.05, 3.63) is 29.3 Å². The van der Waals surface area contributed by atoms with Crippen molar-refractivity contribution in [2.75, 3.05) is 12.1 Å². The molecule has 1 rings (SSSR count). The van der Waals surface area contributed by atoms with Crippen LogP contribution < -0.4 is 5.01 Å². The minimum absolute atomic E-state index is 0.727. The van der Waals surface area contributed by atoms with Gasteiger partial charge in [-0.1, -0.05) is 17.7 Å². The fourth-order valence-electron chi connectivity index (χ4n) is 0.917. The van der Waals surface area contributed by atoms with Gasteiger partial charge in [-0.25, -0.2) is 0 Å². The Morgan fingerprint density at radius 1 is 1.50 bits per heavy atom. The Morgan fingerprint density at radius 3 is 2.83 bits per heavy atom. The van der Waals surface area contributed by atoms with Gasteiger partial charge in [0.15, 0.2) is 0 Å². The molecule has 0 aliphatic carbocycles. The Labute approximate surface area is 77.5 Å². The van der Waals surface area contributed by atoms with Crippen LogP contribution in [0.3, 0.4) is 0 Å². The predicted molar refractivity (Wildman–Crippen MR) is 54.0 cm³/mol. The molecule has 0 atom stereocenters. The molecule has 0 aromatic heterocycles. The summed E-state index contributed by atoms with van der Waals surface area (Å²) >= 11 is 5.81. The van der Waals surface area contributed by atoms with Gasteiger partial charge in [0.1, 0.15) is 0 Å². The van der Waals surface area contributed by atoms with Crippen molar-refractivity contribution in [2.24, 2.45) is 5.10 Å². The summed E-state index contributed by atoms with van der Waals surface area (Å²) in [5.41, 5.74) is 0.987. The molecule has 0 spiro atoms. The van der Waals surface area contributed by atoms with Crippen molar-refractivity contribution < 1.29 is 0 Å². The lowest BCUT2D eigenvalue weighted by molar-refractivity contribution is 1.02. The SMILES string of the molecule is C/C=N\N(C)c1cccc(Cl)c1. The summed E-state index contributed by atoms with van der Waals surface area (Å²) < 4.78 is 0. The number of nitrogens with zero attached hydrogens (tertiary/aromatic N) is 2. The van der Waals surface area contributed by atoms with Crippen molar-refractivity contribution in [2.45, 2.75) is 6.92 Å². The number of anilines is 1. The maximum absolute atomic E-state index is 5.81. The first-order valence-electron chi connectivity index (χ1n) is 3.72. The fraction of sp³-hybridized carbons (Fsp3) is 0.222. The van der Waals surface area contributed by atoms with E-state index in [0.717, 1.165) is 10.7 Å². The lowest BCUT2D eigenvalue weighted by Gasteiger charge is -2.11. The van der Waals surface area contributed by atoms with Crippen LogP contribution in [0.15, 0.2) is 29.4 Å². The van der Waals surface area contributed by atoms with Gasteiger partial charge in [0, 0.05) is 18.3 Å². The third-order valence-corrected chi connectivity index (χ3v) is 1.71. The minimum Gasteiger partial charge on any atom is -0.269 e. The van der Waals surface area contributed by atoms with E-state index in [1.165, 1.54) is 0 Å². The average molecular weight is 183 g/mol. The van der Waals surface area contributed by atoms with E-state index in [4.69, 9.17) is 11.6 Å². The number of hydrazone groups is 1. The number of hydrogen-bond donors (Lipinski definition) is 0. The molecule has 0 aliphatic heterocycles. The molecule has 0 saturated heterocycles. The van der Waals surface area contributed by atoms with Crippen LogP contribution in [0.25, 0.3) is 0 Å². The Balaban J connectivity index is 2.87. The summed E-state index contributed by atoms with van der Waals surface area (Å²) in [5.74, 6) is 0. The summed E-state index contributed by atoms with van der Waals surface area (Å²) in [6.07, 6.45) is 1.74. The maximum atomic E-state index is 5.81. The van der Waals surface area contributed by atoms with Crippen molar-refractivity contribution in [3.63, 3.8) is 0 Å². The Kier molecular flexibility index (Phi) is 3.11. The van der Waals surface area contributed by atoms with E-state index in [2.05, 4.69) is 5.10 Å². The molecule has 1 aromatic carbocycles. The third-order valence-electron chi connectivity index (χ3n) is 1.47.